The van der Waals surface area contributed by atoms with Gasteiger partial charge in [-0.05, 0) is 32.1 Å². The number of aliphatic hydroxyl groups is 1. The van der Waals surface area contributed by atoms with Crippen molar-refractivity contribution in [3.63, 3.8) is 0 Å². The molecule has 2 nitrogen and oxygen atoms in total. The Morgan fingerprint density at radius 1 is 1.50 bits per heavy atom. The highest BCUT2D eigenvalue weighted by Gasteiger charge is 2.08. The first kappa shape index (κ1) is 11.7. The van der Waals surface area contributed by atoms with Crippen LogP contribution < -0.4 is 0 Å². The van der Waals surface area contributed by atoms with Gasteiger partial charge in [-0.2, -0.15) is 0 Å². The largest absolute Gasteiger partial charge is 0.393 e. The number of hydrogen-bond acceptors (Lipinski definition) is 3. The molecule has 1 unspecified atom stereocenters. The van der Waals surface area contributed by atoms with Crippen molar-refractivity contribution >= 4 is 11.3 Å². The molecule has 80 valence electrons. The smallest absolute Gasteiger partial charge is 0.0928 e. The molecule has 0 radical (unpaired) electrons. The molecule has 0 fully saturated rings. The lowest BCUT2D eigenvalue weighted by Crippen LogP contribution is -2.14. The van der Waals surface area contributed by atoms with Crippen molar-refractivity contribution in [2.45, 2.75) is 46.1 Å². The van der Waals surface area contributed by atoms with Crippen LogP contribution in [0.15, 0.2) is 5.38 Å². The number of nitrogens with zero attached hydrogens (tertiary/aromatic N) is 1. The summed E-state index contributed by atoms with van der Waals surface area (Å²) in [7, 11) is 0. The molecule has 1 aromatic rings. The first-order valence-electron chi connectivity index (χ1n) is 5.18. The monoisotopic (exact) mass is 213 g/mol. The summed E-state index contributed by atoms with van der Waals surface area (Å²) in [5, 5.41) is 12.9. The highest BCUT2D eigenvalue weighted by atomic mass is 32.1. The average molecular weight is 213 g/mol. The molecule has 0 aromatic carbocycles. The van der Waals surface area contributed by atoms with E-state index in [9.17, 15) is 5.11 Å². The van der Waals surface area contributed by atoms with Crippen molar-refractivity contribution in [2.75, 3.05) is 0 Å². The van der Waals surface area contributed by atoms with Crippen LogP contribution in [0.5, 0.6) is 0 Å². The molecule has 1 aromatic heterocycles. The van der Waals surface area contributed by atoms with Crippen molar-refractivity contribution in [1.82, 2.24) is 4.98 Å². The van der Waals surface area contributed by atoms with Gasteiger partial charge in [-0.3, -0.25) is 0 Å². The van der Waals surface area contributed by atoms with Crippen LogP contribution in [-0.2, 0) is 6.42 Å². The maximum Gasteiger partial charge on any atom is 0.0928 e. The van der Waals surface area contributed by atoms with Gasteiger partial charge >= 0.3 is 0 Å². The van der Waals surface area contributed by atoms with E-state index in [1.165, 1.54) is 5.01 Å². The summed E-state index contributed by atoms with van der Waals surface area (Å²) in [4.78, 5) is 4.39. The first-order valence-corrected chi connectivity index (χ1v) is 6.06. The molecule has 0 saturated heterocycles. The van der Waals surface area contributed by atoms with Gasteiger partial charge in [-0.25, -0.2) is 4.98 Å². The normalized spacial score (nSPS) is 13.5. The second-order valence-electron chi connectivity index (χ2n) is 4.09. The van der Waals surface area contributed by atoms with E-state index in [-0.39, 0.29) is 6.10 Å². The molecule has 14 heavy (non-hydrogen) atoms. The van der Waals surface area contributed by atoms with Gasteiger partial charge in [0.15, 0.2) is 0 Å². The van der Waals surface area contributed by atoms with Gasteiger partial charge in [0.1, 0.15) is 0 Å². The summed E-state index contributed by atoms with van der Waals surface area (Å²) in [6.45, 7) is 6.12. The molecule has 1 heterocycles. The Kier molecular flexibility index (Phi) is 4.55. The molecule has 0 spiro atoms. The highest BCUT2D eigenvalue weighted by Crippen LogP contribution is 2.14. The van der Waals surface area contributed by atoms with E-state index in [1.807, 2.05) is 6.92 Å². The summed E-state index contributed by atoms with van der Waals surface area (Å²) in [6, 6.07) is 0. The van der Waals surface area contributed by atoms with Crippen LogP contribution in [0.3, 0.4) is 0 Å². The minimum atomic E-state index is -0.156. The minimum absolute atomic E-state index is 0.156. The van der Waals surface area contributed by atoms with Crippen LogP contribution in [0, 0.1) is 12.8 Å². The number of aryl methyl sites for hydroxylation is 2. The molecule has 1 atom stereocenters. The van der Waals surface area contributed by atoms with Crippen molar-refractivity contribution in [3.8, 4) is 0 Å². The van der Waals surface area contributed by atoms with Gasteiger partial charge < -0.3 is 5.11 Å². The maximum atomic E-state index is 9.59. The third-order valence-corrected chi connectivity index (χ3v) is 3.35. The number of aliphatic hydroxyl groups excluding tert-OH is 1. The molecule has 1 rings (SSSR count). The highest BCUT2D eigenvalue weighted by molar-refractivity contribution is 7.09. The minimum Gasteiger partial charge on any atom is -0.393 e. The predicted molar refractivity (Wildman–Crippen MR) is 60.6 cm³/mol. The van der Waals surface area contributed by atoms with Gasteiger partial charge in [0.25, 0.3) is 0 Å². The summed E-state index contributed by atoms with van der Waals surface area (Å²) >= 11 is 1.72. The Balaban J connectivity index is 2.22. The molecule has 0 aliphatic rings. The van der Waals surface area contributed by atoms with E-state index in [0.29, 0.717) is 5.92 Å². The molecule has 0 amide bonds. The van der Waals surface area contributed by atoms with Gasteiger partial charge in [0, 0.05) is 11.1 Å². The summed E-state index contributed by atoms with van der Waals surface area (Å²) < 4.78 is 0. The standard InChI is InChI=1S/C11H19NOS/c1-8(2)10(13)5-4-6-11-12-9(3)7-14-11/h7-8,10,13H,4-6H2,1-3H3. The van der Waals surface area contributed by atoms with Crippen molar-refractivity contribution in [3.05, 3.63) is 16.1 Å². The molecule has 0 saturated carbocycles. The third kappa shape index (κ3) is 3.76. The zero-order valence-corrected chi connectivity index (χ0v) is 9.97. The van der Waals surface area contributed by atoms with Gasteiger partial charge in [-0.15, -0.1) is 11.3 Å². The zero-order chi connectivity index (χ0) is 10.6. The quantitative estimate of drug-likeness (QED) is 0.816. The maximum absolute atomic E-state index is 9.59. The van der Waals surface area contributed by atoms with Crippen LogP contribution in [0.2, 0.25) is 0 Å². The second-order valence-corrected chi connectivity index (χ2v) is 5.03. The molecule has 0 bridgehead atoms. The van der Waals surface area contributed by atoms with E-state index in [0.717, 1.165) is 25.0 Å². The zero-order valence-electron chi connectivity index (χ0n) is 9.16. The van der Waals surface area contributed by atoms with Crippen LogP contribution in [0.25, 0.3) is 0 Å². The number of rotatable bonds is 5. The van der Waals surface area contributed by atoms with Crippen LogP contribution in [0.1, 0.15) is 37.4 Å². The lowest BCUT2D eigenvalue weighted by Gasteiger charge is -2.13. The molecule has 1 N–H and O–H groups in total. The number of aromatic nitrogens is 1. The molecule has 0 aliphatic carbocycles. The SMILES string of the molecule is Cc1csc(CCCC(O)C(C)C)n1. The van der Waals surface area contributed by atoms with Crippen LogP contribution >= 0.6 is 11.3 Å². The van der Waals surface area contributed by atoms with Gasteiger partial charge in [0.05, 0.1) is 11.1 Å². The van der Waals surface area contributed by atoms with E-state index in [1.54, 1.807) is 11.3 Å². The molecule has 3 heteroatoms. The van der Waals surface area contributed by atoms with E-state index >= 15 is 0 Å². The topological polar surface area (TPSA) is 33.1 Å². The Hall–Kier alpha value is -0.410. The van der Waals surface area contributed by atoms with E-state index < -0.39 is 0 Å². The fraction of sp³-hybridized carbons (Fsp3) is 0.727. The summed E-state index contributed by atoms with van der Waals surface area (Å²) in [5.41, 5.74) is 1.11. The summed E-state index contributed by atoms with van der Waals surface area (Å²) in [5.74, 6) is 0.369. The fourth-order valence-electron chi connectivity index (χ4n) is 1.31. The van der Waals surface area contributed by atoms with Crippen LogP contribution in [0.4, 0.5) is 0 Å². The predicted octanol–water partition coefficient (Wildman–Crippen LogP) is 2.79. The van der Waals surface area contributed by atoms with E-state index in [4.69, 9.17) is 0 Å². The molecular weight excluding hydrogens is 194 g/mol. The third-order valence-electron chi connectivity index (χ3n) is 2.33. The van der Waals surface area contributed by atoms with Gasteiger partial charge in [0.2, 0.25) is 0 Å². The number of thiazole rings is 1. The Labute approximate surface area is 90.0 Å². The van der Waals surface area contributed by atoms with Crippen molar-refractivity contribution in [2.24, 2.45) is 5.92 Å². The Morgan fingerprint density at radius 2 is 2.21 bits per heavy atom. The first-order chi connectivity index (χ1) is 6.59. The van der Waals surface area contributed by atoms with Gasteiger partial charge in [-0.1, -0.05) is 13.8 Å². The number of hydrogen-bond donors (Lipinski definition) is 1. The Morgan fingerprint density at radius 3 is 2.71 bits per heavy atom. The fourth-order valence-corrected chi connectivity index (χ4v) is 2.13. The van der Waals surface area contributed by atoms with Crippen molar-refractivity contribution in [1.29, 1.82) is 0 Å². The van der Waals surface area contributed by atoms with Crippen molar-refractivity contribution < 1.29 is 5.11 Å². The molecule has 0 aliphatic heterocycles. The Bertz CT molecular complexity index is 270. The average Bonchev–Trinajstić information content (AvgIpc) is 2.51. The summed E-state index contributed by atoms with van der Waals surface area (Å²) in [6.07, 6.45) is 2.77. The molecular formula is C11H19NOS. The van der Waals surface area contributed by atoms with Crippen LogP contribution in [-0.4, -0.2) is 16.2 Å². The second kappa shape index (κ2) is 5.47. The lowest BCUT2D eigenvalue weighted by molar-refractivity contribution is 0.114. The lowest BCUT2D eigenvalue weighted by atomic mass is 10.0. The van der Waals surface area contributed by atoms with E-state index in [2.05, 4.69) is 24.2 Å².